The van der Waals surface area contributed by atoms with Crippen LogP contribution in [-0.2, 0) is 6.54 Å². The molecule has 2 aliphatic rings. The molecular formula is C17H24N2S. The topological polar surface area (TPSA) is 24.4 Å². The number of benzene rings is 1. The Hall–Kier alpha value is -0.960. The molecule has 0 aromatic heterocycles. The van der Waals surface area contributed by atoms with E-state index in [1.165, 1.54) is 42.6 Å². The molecule has 1 aromatic carbocycles. The minimum Gasteiger partial charge on any atom is -0.359 e. The molecule has 2 fully saturated rings. The lowest BCUT2D eigenvalue weighted by atomic mass is 9.78. The Kier molecular flexibility index (Phi) is 4.06. The van der Waals surface area contributed by atoms with Crippen molar-refractivity contribution in [3.05, 3.63) is 35.4 Å². The normalized spacial score (nSPS) is 31.7. The van der Waals surface area contributed by atoms with Crippen molar-refractivity contribution in [3.8, 4) is 0 Å². The average Bonchev–Trinajstić information content (AvgIpc) is 2.85. The van der Waals surface area contributed by atoms with E-state index in [0.29, 0.717) is 5.54 Å². The van der Waals surface area contributed by atoms with Crippen LogP contribution in [0.15, 0.2) is 29.3 Å². The lowest BCUT2D eigenvalue weighted by Gasteiger charge is -2.35. The molecule has 1 aromatic rings. The number of nitrogens with zero attached hydrogens (tertiary/aromatic N) is 1. The molecule has 20 heavy (non-hydrogen) atoms. The fraction of sp³-hybridized carbons (Fsp3) is 0.588. The first kappa shape index (κ1) is 14.0. The summed E-state index contributed by atoms with van der Waals surface area (Å²) in [5.74, 6) is 2.10. The van der Waals surface area contributed by atoms with Gasteiger partial charge in [0.15, 0.2) is 5.17 Å². The van der Waals surface area contributed by atoms with Gasteiger partial charge in [-0.2, -0.15) is 0 Å². The zero-order valence-corrected chi connectivity index (χ0v) is 13.3. The van der Waals surface area contributed by atoms with E-state index in [1.54, 1.807) is 0 Å². The minimum atomic E-state index is 0.349. The Morgan fingerprint density at radius 1 is 1.30 bits per heavy atom. The van der Waals surface area contributed by atoms with Gasteiger partial charge in [0.05, 0.1) is 6.54 Å². The van der Waals surface area contributed by atoms with Gasteiger partial charge in [0.2, 0.25) is 0 Å². The Morgan fingerprint density at radius 2 is 2.05 bits per heavy atom. The summed E-state index contributed by atoms with van der Waals surface area (Å²) in [5.41, 5.74) is 3.02. The van der Waals surface area contributed by atoms with Crippen molar-refractivity contribution >= 4 is 16.9 Å². The Morgan fingerprint density at radius 3 is 2.80 bits per heavy atom. The third-order valence-electron chi connectivity index (χ3n) is 4.74. The molecule has 1 heterocycles. The summed E-state index contributed by atoms with van der Waals surface area (Å²) in [6, 6.07) is 8.53. The highest BCUT2D eigenvalue weighted by Crippen LogP contribution is 2.38. The zero-order chi connectivity index (χ0) is 14.0. The van der Waals surface area contributed by atoms with Crippen LogP contribution in [0.4, 0.5) is 0 Å². The molecule has 108 valence electrons. The van der Waals surface area contributed by atoms with Gasteiger partial charge in [-0.1, -0.05) is 43.0 Å². The number of aliphatic imine (C=N–C) groups is 1. The fourth-order valence-corrected chi connectivity index (χ4v) is 4.34. The number of rotatable bonds is 2. The maximum atomic E-state index is 4.79. The van der Waals surface area contributed by atoms with E-state index in [0.717, 1.165) is 17.6 Å². The summed E-state index contributed by atoms with van der Waals surface area (Å²) in [6.45, 7) is 5.34. The van der Waals surface area contributed by atoms with Crippen molar-refractivity contribution in [2.75, 3.05) is 5.75 Å². The van der Waals surface area contributed by atoms with Gasteiger partial charge in [0.25, 0.3) is 0 Å². The third-order valence-corrected chi connectivity index (χ3v) is 5.94. The number of hydrogen-bond acceptors (Lipinski definition) is 2. The maximum Gasteiger partial charge on any atom is 0.157 e. The standard InChI is InChI=1S/C17H24N2S/c1-13-7-9-17(10-8-13)12-20-16(19-17)18-11-15-6-4-3-5-14(15)2/h3-6,13H,7-12H2,1-2H3,(H,18,19). The quantitative estimate of drug-likeness (QED) is 0.884. The molecule has 0 atom stereocenters. The van der Waals surface area contributed by atoms with Crippen molar-refractivity contribution in [2.24, 2.45) is 10.9 Å². The zero-order valence-electron chi connectivity index (χ0n) is 12.5. The largest absolute Gasteiger partial charge is 0.359 e. The SMILES string of the molecule is Cc1ccccc1CN=C1NC2(CCC(C)CC2)CS1. The number of hydrogen-bond donors (Lipinski definition) is 1. The smallest absolute Gasteiger partial charge is 0.157 e. The first-order valence-electron chi connectivity index (χ1n) is 7.67. The highest BCUT2D eigenvalue weighted by atomic mass is 32.2. The van der Waals surface area contributed by atoms with Crippen LogP contribution in [0.5, 0.6) is 0 Å². The summed E-state index contributed by atoms with van der Waals surface area (Å²) in [7, 11) is 0. The van der Waals surface area contributed by atoms with Crippen molar-refractivity contribution in [2.45, 2.75) is 51.6 Å². The summed E-state index contributed by atoms with van der Waals surface area (Å²) in [5, 5.41) is 4.88. The van der Waals surface area contributed by atoms with Gasteiger partial charge in [-0.25, -0.2) is 0 Å². The monoisotopic (exact) mass is 288 g/mol. The lowest BCUT2D eigenvalue weighted by Crippen LogP contribution is -2.46. The number of nitrogens with one attached hydrogen (secondary N) is 1. The van der Waals surface area contributed by atoms with Crippen LogP contribution in [0.25, 0.3) is 0 Å². The molecule has 0 radical (unpaired) electrons. The third kappa shape index (κ3) is 3.03. The van der Waals surface area contributed by atoms with Crippen molar-refractivity contribution < 1.29 is 0 Å². The molecule has 2 nitrogen and oxygen atoms in total. The van der Waals surface area contributed by atoms with Crippen LogP contribution < -0.4 is 5.32 Å². The van der Waals surface area contributed by atoms with Gasteiger partial charge >= 0.3 is 0 Å². The summed E-state index contributed by atoms with van der Waals surface area (Å²) in [4.78, 5) is 4.79. The highest BCUT2D eigenvalue weighted by molar-refractivity contribution is 8.14. The molecule has 1 N–H and O–H groups in total. The van der Waals surface area contributed by atoms with Crippen LogP contribution in [-0.4, -0.2) is 16.5 Å². The van der Waals surface area contributed by atoms with E-state index in [2.05, 4.69) is 43.4 Å². The first-order valence-corrected chi connectivity index (χ1v) is 8.65. The molecule has 1 spiro atoms. The lowest BCUT2D eigenvalue weighted by molar-refractivity contribution is 0.251. The van der Waals surface area contributed by atoms with Gasteiger partial charge < -0.3 is 5.32 Å². The molecule has 3 rings (SSSR count). The second-order valence-electron chi connectivity index (χ2n) is 6.42. The Bertz CT molecular complexity index is 501. The van der Waals surface area contributed by atoms with Gasteiger partial charge in [-0.05, 0) is 49.7 Å². The van der Waals surface area contributed by atoms with E-state index in [9.17, 15) is 0 Å². The second-order valence-corrected chi connectivity index (χ2v) is 7.39. The van der Waals surface area contributed by atoms with Gasteiger partial charge in [0.1, 0.15) is 0 Å². The fourth-order valence-electron chi connectivity index (χ4n) is 3.12. The summed E-state index contributed by atoms with van der Waals surface area (Å²) in [6.07, 6.45) is 5.34. The first-order chi connectivity index (χ1) is 9.67. The minimum absolute atomic E-state index is 0.349. The van der Waals surface area contributed by atoms with Crippen LogP contribution >= 0.6 is 11.8 Å². The van der Waals surface area contributed by atoms with Gasteiger partial charge in [-0.3, -0.25) is 4.99 Å². The van der Waals surface area contributed by atoms with E-state index in [1.807, 2.05) is 11.8 Å². The molecule has 1 aliphatic heterocycles. The van der Waals surface area contributed by atoms with Crippen LogP contribution in [0, 0.1) is 12.8 Å². The van der Waals surface area contributed by atoms with Crippen LogP contribution in [0.3, 0.4) is 0 Å². The Labute approximate surface area is 126 Å². The summed E-state index contributed by atoms with van der Waals surface area (Å²) < 4.78 is 0. The molecule has 3 heteroatoms. The van der Waals surface area contributed by atoms with Gasteiger partial charge in [-0.15, -0.1) is 0 Å². The molecule has 1 saturated heterocycles. The Balaban J connectivity index is 1.62. The molecule has 0 amide bonds. The summed E-state index contributed by atoms with van der Waals surface area (Å²) >= 11 is 1.91. The van der Waals surface area contributed by atoms with E-state index in [4.69, 9.17) is 4.99 Å². The van der Waals surface area contributed by atoms with E-state index in [-0.39, 0.29) is 0 Å². The highest BCUT2D eigenvalue weighted by Gasteiger charge is 2.39. The molecule has 0 bridgehead atoms. The van der Waals surface area contributed by atoms with E-state index < -0.39 is 0 Å². The number of thioether (sulfide) groups is 1. The average molecular weight is 288 g/mol. The van der Waals surface area contributed by atoms with Gasteiger partial charge in [0, 0.05) is 11.3 Å². The molecule has 1 saturated carbocycles. The van der Waals surface area contributed by atoms with Crippen molar-refractivity contribution in [3.63, 3.8) is 0 Å². The number of aryl methyl sites for hydroxylation is 1. The van der Waals surface area contributed by atoms with E-state index >= 15 is 0 Å². The maximum absolute atomic E-state index is 4.79. The molecule has 0 unspecified atom stereocenters. The molecular weight excluding hydrogens is 264 g/mol. The number of amidine groups is 1. The molecule has 1 aliphatic carbocycles. The van der Waals surface area contributed by atoms with Crippen LogP contribution in [0.1, 0.15) is 43.7 Å². The predicted molar refractivity (Wildman–Crippen MR) is 88.3 cm³/mol. The van der Waals surface area contributed by atoms with Crippen molar-refractivity contribution in [1.82, 2.24) is 5.32 Å². The van der Waals surface area contributed by atoms with Crippen LogP contribution in [0.2, 0.25) is 0 Å². The second kappa shape index (κ2) is 5.80. The predicted octanol–water partition coefficient (Wildman–Crippen LogP) is 4.14. The van der Waals surface area contributed by atoms with Crippen molar-refractivity contribution in [1.29, 1.82) is 0 Å².